The molecule has 0 aromatic rings. The molecule has 1 aliphatic carbocycles. The Kier molecular flexibility index (Phi) is 5.01. The molecule has 1 unspecified atom stereocenters. The van der Waals surface area contributed by atoms with E-state index in [-0.39, 0.29) is 18.0 Å². The zero-order valence-corrected chi connectivity index (χ0v) is 11.1. The molecular formula is C13H22N2O4. The molecule has 6 heteroatoms. The molecule has 0 spiro atoms. The zero-order chi connectivity index (χ0) is 13.7. The van der Waals surface area contributed by atoms with Crippen molar-refractivity contribution in [1.29, 1.82) is 0 Å². The topological polar surface area (TPSA) is 87.7 Å². The lowest BCUT2D eigenvalue weighted by molar-refractivity contribution is -0.141. The van der Waals surface area contributed by atoms with Crippen molar-refractivity contribution in [2.45, 2.75) is 38.1 Å². The highest BCUT2D eigenvalue weighted by molar-refractivity contribution is 5.75. The second-order valence-corrected chi connectivity index (χ2v) is 5.46. The van der Waals surface area contributed by atoms with Crippen molar-refractivity contribution < 1.29 is 19.4 Å². The molecule has 0 bridgehead atoms. The van der Waals surface area contributed by atoms with E-state index < -0.39 is 5.97 Å². The molecular weight excluding hydrogens is 248 g/mol. The third kappa shape index (κ3) is 4.38. The van der Waals surface area contributed by atoms with Crippen LogP contribution in [-0.2, 0) is 9.53 Å². The predicted molar refractivity (Wildman–Crippen MR) is 68.8 cm³/mol. The third-order valence-corrected chi connectivity index (χ3v) is 3.98. The average Bonchev–Trinajstić information content (AvgIpc) is 3.00. The van der Waals surface area contributed by atoms with Gasteiger partial charge in [-0.3, -0.25) is 4.79 Å². The number of carboxylic acid groups (broad SMARTS) is 1. The zero-order valence-electron chi connectivity index (χ0n) is 11.1. The summed E-state index contributed by atoms with van der Waals surface area (Å²) in [5.74, 6) is -0.505. The van der Waals surface area contributed by atoms with Gasteiger partial charge in [0.2, 0.25) is 0 Å². The number of amides is 2. The van der Waals surface area contributed by atoms with Gasteiger partial charge in [0.25, 0.3) is 0 Å². The number of rotatable bonds is 5. The molecule has 2 rings (SSSR count). The van der Waals surface area contributed by atoms with Gasteiger partial charge in [0.05, 0.1) is 5.92 Å². The van der Waals surface area contributed by atoms with E-state index in [1.807, 2.05) is 0 Å². The van der Waals surface area contributed by atoms with Crippen LogP contribution in [0.15, 0.2) is 0 Å². The highest BCUT2D eigenvalue weighted by Crippen LogP contribution is 2.25. The Morgan fingerprint density at radius 3 is 2.74 bits per heavy atom. The van der Waals surface area contributed by atoms with Gasteiger partial charge >= 0.3 is 12.0 Å². The number of hydrogen-bond acceptors (Lipinski definition) is 3. The van der Waals surface area contributed by atoms with E-state index in [9.17, 15) is 9.59 Å². The molecule has 1 aliphatic heterocycles. The van der Waals surface area contributed by atoms with Gasteiger partial charge in [0.1, 0.15) is 0 Å². The van der Waals surface area contributed by atoms with E-state index >= 15 is 0 Å². The van der Waals surface area contributed by atoms with Crippen molar-refractivity contribution in [1.82, 2.24) is 10.6 Å². The first-order valence-electron chi connectivity index (χ1n) is 7.00. The molecule has 0 aromatic carbocycles. The summed E-state index contributed by atoms with van der Waals surface area (Å²) in [7, 11) is 0. The third-order valence-electron chi connectivity index (χ3n) is 3.98. The summed E-state index contributed by atoms with van der Waals surface area (Å²) < 4.78 is 5.27. The second kappa shape index (κ2) is 6.75. The van der Waals surface area contributed by atoms with Crippen LogP contribution in [0.3, 0.4) is 0 Å². The SMILES string of the molecule is O=C(NCCC1CCOC1)N[C@H]1CC[C@@H](C(=O)O)C1. The minimum atomic E-state index is -0.758. The van der Waals surface area contributed by atoms with Gasteiger partial charge in [-0.15, -0.1) is 0 Å². The maximum atomic E-state index is 11.6. The van der Waals surface area contributed by atoms with Crippen molar-refractivity contribution in [3.63, 3.8) is 0 Å². The molecule has 1 saturated heterocycles. The number of urea groups is 1. The van der Waals surface area contributed by atoms with Crippen LogP contribution in [0, 0.1) is 11.8 Å². The first-order valence-corrected chi connectivity index (χ1v) is 7.00. The first kappa shape index (κ1) is 14.1. The largest absolute Gasteiger partial charge is 0.481 e. The van der Waals surface area contributed by atoms with Gasteiger partial charge in [-0.2, -0.15) is 0 Å². The number of carboxylic acids is 1. The lowest BCUT2D eigenvalue weighted by Gasteiger charge is -2.14. The maximum Gasteiger partial charge on any atom is 0.315 e. The summed E-state index contributed by atoms with van der Waals surface area (Å²) in [6.07, 6.45) is 3.96. The molecule has 3 N–H and O–H groups in total. The minimum Gasteiger partial charge on any atom is -0.481 e. The smallest absolute Gasteiger partial charge is 0.315 e. The van der Waals surface area contributed by atoms with Gasteiger partial charge in [0, 0.05) is 25.8 Å². The summed E-state index contributed by atoms with van der Waals surface area (Å²) in [5.41, 5.74) is 0. The Labute approximate surface area is 112 Å². The number of carbonyl (C=O) groups excluding carboxylic acids is 1. The summed E-state index contributed by atoms with van der Waals surface area (Å²) >= 11 is 0. The van der Waals surface area contributed by atoms with Crippen molar-refractivity contribution in [2.75, 3.05) is 19.8 Å². The Morgan fingerprint density at radius 2 is 2.11 bits per heavy atom. The van der Waals surface area contributed by atoms with E-state index in [0.717, 1.165) is 32.5 Å². The summed E-state index contributed by atoms with van der Waals surface area (Å²) in [6, 6.07) is -0.189. The molecule has 2 fully saturated rings. The van der Waals surface area contributed by atoms with Gasteiger partial charge in [-0.25, -0.2) is 4.79 Å². The van der Waals surface area contributed by atoms with E-state index in [4.69, 9.17) is 9.84 Å². The molecule has 2 amide bonds. The number of nitrogens with one attached hydrogen (secondary N) is 2. The van der Waals surface area contributed by atoms with Crippen molar-refractivity contribution in [3.05, 3.63) is 0 Å². The Morgan fingerprint density at radius 1 is 1.26 bits per heavy atom. The molecule has 0 radical (unpaired) electrons. The molecule has 1 heterocycles. The molecule has 6 nitrogen and oxygen atoms in total. The van der Waals surface area contributed by atoms with Gasteiger partial charge in [0.15, 0.2) is 0 Å². The molecule has 1 saturated carbocycles. The maximum absolute atomic E-state index is 11.6. The normalized spacial score (nSPS) is 30.2. The minimum absolute atomic E-state index is 0.00378. The van der Waals surface area contributed by atoms with E-state index in [1.165, 1.54) is 0 Å². The van der Waals surface area contributed by atoms with Crippen LogP contribution in [-0.4, -0.2) is 42.9 Å². The van der Waals surface area contributed by atoms with Crippen LogP contribution in [0.25, 0.3) is 0 Å². The lowest BCUT2D eigenvalue weighted by Crippen LogP contribution is -2.41. The van der Waals surface area contributed by atoms with Crippen molar-refractivity contribution >= 4 is 12.0 Å². The predicted octanol–water partition coefficient (Wildman–Crippen LogP) is 0.965. The number of ether oxygens (including phenoxy) is 1. The fourth-order valence-electron chi connectivity index (χ4n) is 2.77. The van der Waals surface area contributed by atoms with Crippen LogP contribution in [0.1, 0.15) is 32.1 Å². The van der Waals surface area contributed by atoms with Crippen LogP contribution < -0.4 is 10.6 Å². The van der Waals surface area contributed by atoms with Crippen molar-refractivity contribution in [2.24, 2.45) is 11.8 Å². The van der Waals surface area contributed by atoms with Crippen molar-refractivity contribution in [3.8, 4) is 0 Å². The standard InChI is InChI=1S/C13H22N2O4/c16-12(17)10-1-2-11(7-10)15-13(18)14-5-3-9-4-6-19-8-9/h9-11H,1-8H2,(H,16,17)(H2,14,15,18)/t9?,10-,11+/m1/s1. The lowest BCUT2D eigenvalue weighted by atomic mass is 10.1. The monoisotopic (exact) mass is 270 g/mol. The Hall–Kier alpha value is -1.30. The van der Waals surface area contributed by atoms with Gasteiger partial charge in [-0.05, 0) is 38.0 Å². The molecule has 2 aliphatic rings. The molecule has 3 atom stereocenters. The van der Waals surface area contributed by atoms with E-state index in [1.54, 1.807) is 0 Å². The molecule has 108 valence electrons. The van der Waals surface area contributed by atoms with Crippen LogP contribution >= 0.6 is 0 Å². The van der Waals surface area contributed by atoms with Gasteiger partial charge in [-0.1, -0.05) is 0 Å². The number of aliphatic carboxylic acids is 1. The first-order chi connectivity index (χ1) is 9.15. The quantitative estimate of drug-likeness (QED) is 0.694. The average molecular weight is 270 g/mol. The highest BCUT2D eigenvalue weighted by Gasteiger charge is 2.30. The summed E-state index contributed by atoms with van der Waals surface area (Å²) in [5, 5.41) is 14.6. The molecule has 19 heavy (non-hydrogen) atoms. The Bertz CT molecular complexity index is 329. The second-order valence-electron chi connectivity index (χ2n) is 5.46. The van der Waals surface area contributed by atoms with Gasteiger partial charge < -0.3 is 20.5 Å². The fraction of sp³-hybridized carbons (Fsp3) is 0.846. The number of carbonyl (C=O) groups is 2. The van der Waals surface area contributed by atoms with E-state index in [0.29, 0.717) is 25.3 Å². The van der Waals surface area contributed by atoms with Crippen LogP contribution in [0.4, 0.5) is 4.79 Å². The molecule has 0 aromatic heterocycles. The summed E-state index contributed by atoms with van der Waals surface area (Å²) in [4.78, 5) is 22.5. The van der Waals surface area contributed by atoms with E-state index in [2.05, 4.69) is 10.6 Å². The van der Waals surface area contributed by atoms with Crippen LogP contribution in [0.5, 0.6) is 0 Å². The fourth-order valence-corrected chi connectivity index (χ4v) is 2.77. The summed E-state index contributed by atoms with van der Waals surface area (Å²) in [6.45, 7) is 2.27. The Balaban J connectivity index is 1.58. The number of hydrogen-bond donors (Lipinski definition) is 3. The highest BCUT2D eigenvalue weighted by atomic mass is 16.5. The van der Waals surface area contributed by atoms with Crippen LogP contribution in [0.2, 0.25) is 0 Å².